The molecule has 0 aliphatic heterocycles. The van der Waals surface area contributed by atoms with Gasteiger partial charge in [-0.1, -0.05) is 26.8 Å². The summed E-state index contributed by atoms with van der Waals surface area (Å²) in [6.45, 7) is 7.10. The van der Waals surface area contributed by atoms with Crippen LogP contribution in [0.15, 0.2) is 22.8 Å². The van der Waals surface area contributed by atoms with Gasteiger partial charge < -0.3 is 10.7 Å². The van der Waals surface area contributed by atoms with Crippen LogP contribution in [0, 0.1) is 0 Å². The molecule has 2 aromatic heterocycles. The lowest BCUT2D eigenvalue weighted by atomic mass is 9.87. The minimum Gasteiger partial charge on any atom is -0.325 e. The molecule has 0 saturated carbocycles. The van der Waals surface area contributed by atoms with Crippen molar-refractivity contribution in [3.05, 3.63) is 34.1 Å². The summed E-state index contributed by atoms with van der Waals surface area (Å²) in [6, 6.07) is 6.42. The average Bonchev–Trinajstić information content (AvgIpc) is 2.84. The molecule has 4 nitrogen and oxygen atoms in total. The molecule has 0 aliphatic carbocycles. The number of H-pyrrole nitrogens is 1. The lowest BCUT2D eigenvalue weighted by molar-refractivity contribution is 0.591. The Bertz CT molecular complexity index is 761. The molecule has 0 saturated heterocycles. The quantitative estimate of drug-likeness (QED) is 0.722. The fourth-order valence-corrected chi connectivity index (χ4v) is 2.90. The number of benzene rings is 1. The predicted molar refractivity (Wildman–Crippen MR) is 81.3 cm³/mol. The summed E-state index contributed by atoms with van der Waals surface area (Å²) in [5, 5.41) is 0. The molecular weight excluding hydrogens is 304 g/mol. The van der Waals surface area contributed by atoms with Crippen molar-refractivity contribution in [3.63, 3.8) is 0 Å². The van der Waals surface area contributed by atoms with Crippen molar-refractivity contribution in [2.24, 2.45) is 5.73 Å². The van der Waals surface area contributed by atoms with Crippen molar-refractivity contribution in [3.8, 4) is 0 Å². The van der Waals surface area contributed by atoms with Gasteiger partial charge >= 0.3 is 0 Å². The number of nitrogens with one attached hydrogen (secondary N) is 1. The SMILES string of the molecule is CC(C)(C)c1ccc2nc3[nH]c(CN)c(Br)n3c2c1. The maximum Gasteiger partial charge on any atom is 0.213 e. The number of nitrogens with zero attached hydrogens (tertiary/aromatic N) is 2. The van der Waals surface area contributed by atoms with E-state index in [9.17, 15) is 0 Å². The largest absolute Gasteiger partial charge is 0.325 e. The lowest BCUT2D eigenvalue weighted by Crippen LogP contribution is -2.10. The van der Waals surface area contributed by atoms with E-state index in [2.05, 4.69) is 69.3 Å². The summed E-state index contributed by atoms with van der Waals surface area (Å²) < 4.78 is 3.03. The fraction of sp³-hybridized carbons (Fsp3) is 0.357. The number of nitrogens with two attached hydrogens (primary N) is 1. The molecule has 0 amide bonds. The van der Waals surface area contributed by atoms with Crippen molar-refractivity contribution < 1.29 is 0 Å². The van der Waals surface area contributed by atoms with Crippen LogP contribution in [0.1, 0.15) is 32.0 Å². The van der Waals surface area contributed by atoms with Gasteiger partial charge in [-0.05, 0) is 39.0 Å². The highest BCUT2D eigenvalue weighted by Crippen LogP contribution is 2.29. The highest BCUT2D eigenvalue weighted by Gasteiger charge is 2.18. The third kappa shape index (κ3) is 1.88. The number of rotatable bonds is 1. The van der Waals surface area contributed by atoms with Crippen molar-refractivity contribution in [2.75, 3.05) is 0 Å². The Morgan fingerprint density at radius 3 is 2.74 bits per heavy atom. The van der Waals surface area contributed by atoms with Crippen LogP contribution in [-0.4, -0.2) is 14.4 Å². The summed E-state index contributed by atoms with van der Waals surface area (Å²) in [5.74, 6) is 0.827. The van der Waals surface area contributed by atoms with Gasteiger partial charge in [-0.25, -0.2) is 4.98 Å². The van der Waals surface area contributed by atoms with E-state index in [4.69, 9.17) is 5.73 Å². The number of imidazole rings is 2. The van der Waals surface area contributed by atoms with Gasteiger partial charge in [0.2, 0.25) is 5.78 Å². The van der Waals surface area contributed by atoms with Crippen LogP contribution in [0.3, 0.4) is 0 Å². The van der Waals surface area contributed by atoms with E-state index in [1.165, 1.54) is 5.56 Å². The number of fused-ring (bicyclic) bond motifs is 3. The molecule has 3 N–H and O–H groups in total. The van der Waals surface area contributed by atoms with Gasteiger partial charge in [-0.3, -0.25) is 4.40 Å². The maximum absolute atomic E-state index is 5.71. The number of aromatic amines is 1. The predicted octanol–water partition coefficient (Wildman–Crippen LogP) is 3.33. The first-order chi connectivity index (χ1) is 8.91. The Kier molecular flexibility index (Phi) is 2.73. The molecular formula is C14H17BrN4. The Morgan fingerprint density at radius 2 is 2.11 bits per heavy atom. The molecule has 0 fully saturated rings. The molecule has 2 heterocycles. The summed E-state index contributed by atoms with van der Waals surface area (Å²) >= 11 is 3.60. The van der Waals surface area contributed by atoms with Gasteiger partial charge in [0.25, 0.3) is 0 Å². The van der Waals surface area contributed by atoms with Crippen LogP contribution < -0.4 is 5.73 Å². The summed E-state index contributed by atoms with van der Waals surface area (Å²) in [5.41, 5.74) is 10.2. The highest BCUT2D eigenvalue weighted by atomic mass is 79.9. The summed E-state index contributed by atoms with van der Waals surface area (Å²) in [6.07, 6.45) is 0. The Morgan fingerprint density at radius 1 is 1.37 bits per heavy atom. The standard InChI is InChI=1S/C14H17BrN4/c1-14(2,3)8-4-5-9-11(6-8)19-12(15)10(7-16)18-13(19)17-9/h4-6H,7,16H2,1-3H3,(H,17,18). The second-order valence-electron chi connectivity index (χ2n) is 5.82. The molecule has 3 aromatic rings. The van der Waals surface area contributed by atoms with Crippen LogP contribution in [-0.2, 0) is 12.0 Å². The van der Waals surface area contributed by atoms with Crippen LogP contribution in [0.25, 0.3) is 16.8 Å². The molecule has 0 radical (unpaired) electrons. The molecule has 19 heavy (non-hydrogen) atoms. The highest BCUT2D eigenvalue weighted by molar-refractivity contribution is 9.10. The van der Waals surface area contributed by atoms with Gasteiger partial charge in [0.15, 0.2) is 0 Å². The minimum absolute atomic E-state index is 0.123. The summed E-state index contributed by atoms with van der Waals surface area (Å²) in [4.78, 5) is 7.83. The first-order valence-electron chi connectivity index (χ1n) is 6.31. The average molecular weight is 321 g/mol. The van der Waals surface area contributed by atoms with E-state index in [0.717, 1.165) is 27.1 Å². The van der Waals surface area contributed by atoms with Crippen molar-refractivity contribution in [1.82, 2.24) is 14.4 Å². The second kappa shape index (κ2) is 4.08. The molecule has 1 aromatic carbocycles. The Hall–Kier alpha value is -1.33. The van der Waals surface area contributed by atoms with Gasteiger partial charge in [-0.15, -0.1) is 0 Å². The molecule has 100 valence electrons. The smallest absolute Gasteiger partial charge is 0.213 e. The van der Waals surface area contributed by atoms with Crippen molar-refractivity contribution in [1.29, 1.82) is 0 Å². The van der Waals surface area contributed by atoms with Crippen molar-refractivity contribution >= 4 is 32.7 Å². The zero-order valence-electron chi connectivity index (χ0n) is 11.3. The first-order valence-corrected chi connectivity index (χ1v) is 7.10. The number of aromatic nitrogens is 3. The first kappa shape index (κ1) is 12.7. The summed E-state index contributed by atoms with van der Waals surface area (Å²) in [7, 11) is 0. The molecule has 0 atom stereocenters. The van der Waals surface area contributed by atoms with E-state index in [1.54, 1.807) is 0 Å². The van der Waals surface area contributed by atoms with Crippen LogP contribution in [0.5, 0.6) is 0 Å². The van der Waals surface area contributed by atoms with E-state index in [0.29, 0.717) is 6.54 Å². The number of hydrogen-bond donors (Lipinski definition) is 2. The normalized spacial score (nSPS) is 12.7. The molecule has 0 spiro atoms. The molecule has 0 aliphatic rings. The second-order valence-corrected chi connectivity index (χ2v) is 6.57. The van der Waals surface area contributed by atoms with E-state index in [1.807, 2.05) is 0 Å². The van der Waals surface area contributed by atoms with Gasteiger partial charge in [0.1, 0.15) is 4.60 Å². The Labute approximate surface area is 120 Å². The monoisotopic (exact) mass is 320 g/mol. The zero-order chi connectivity index (χ0) is 13.8. The van der Waals surface area contributed by atoms with Crippen molar-refractivity contribution in [2.45, 2.75) is 32.7 Å². The van der Waals surface area contributed by atoms with Crippen LogP contribution in [0.4, 0.5) is 0 Å². The van der Waals surface area contributed by atoms with Gasteiger partial charge in [-0.2, -0.15) is 0 Å². The van der Waals surface area contributed by atoms with E-state index >= 15 is 0 Å². The Balaban J connectivity index is 2.36. The molecule has 5 heteroatoms. The minimum atomic E-state index is 0.123. The molecule has 3 rings (SSSR count). The fourth-order valence-electron chi connectivity index (χ4n) is 2.28. The van der Waals surface area contributed by atoms with Crippen LogP contribution >= 0.6 is 15.9 Å². The lowest BCUT2D eigenvalue weighted by Gasteiger charge is -2.18. The van der Waals surface area contributed by atoms with E-state index in [-0.39, 0.29) is 5.41 Å². The zero-order valence-corrected chi connectivity index (χ0v) is 12.9. The number of halogens is 1. The maximum atomic E-state index is 5.71. The molecule has 0 bridgehead atoms. The van der Waals surface area contributed by atoms with Gasteiger partial charge in [0.05, 0.1) is 16.7 Å². The van der Waals surface area contributed by atoms with E-state index < -0.39 is 0 Å². The third-order valence-corrected chi connectivity index (χ3v) is 4.27. The third-order valence-electron chi connectivity index (χ3n) is 3.43. The topological polar surface area (TPSA) is 59.1 Å². The van der Waals surface area contributed by atoms with Crippen LogP contribution in [0.2, 0.25) is 0 Å². The van der Waals surface area contributed by atoms with Gasteiger partial charge in [0, 0.05) is 6.54 Å². The molecule has 0 unspecified atom stereocenters. The number of hydrogen-bond acceptors (Lipinski definition) is 2.